The van der Waals surface area contributed by atoms with Gasteiger partial charge < -0.3 is 5.11 Å². The summed E-state index contributed by atoms with van der Waals surface area (Å²) in [5.41, 5.74) is 2.62. The van der Waals surface area contributed by atoms with Crippen molar-refractivity contribution in [2.24, 2.45) is 0 Å². The molecule has 0 spiro atoms. The van der Waals surface area contributed by atoms with Crippen LogP contribution < -0.4 is 0 Å². The Labute approximate surface area is 77.2 Å². The highest BCUT2D eigenvalue weighted by atomic mass is 16.3. The van der Waals surface area contributed by atoms with Crippen LogP contribution in [0, 0.1) is 0 Å². The van der Waals surface area contributed by atoms with Crippen LogP contribution in [0.1, 0.15) is 40.4 Å². The van der Waals surface area contributed by atoms with Crippen molar-refractivity contribution in [2.45, 2.75) is 25.4 Å². The summed E-state index contributed by atoms with van der Waals surface area (Å²) in [4.78, 5) is 10.7. The SMILES string of the molecule is O=Cc1cccc2c1C(O)CCC2. The highest BCUT2D eigenvalue weighted by molar-refractivity contribution is 5.78. The van der Waals surface area contributed by atoms with Gasteiger partial charge in [-0.05, 0) is 30.4 Å². The molecule has 1 atom stereocenters. The lowest BCUT2D eigenvalue weighted by Gasteiger charge is -2.22. The molecule has 0 radical (unpaired) electrons. The van der Waals surface area contributed by atoms with Crippen molar-refractivity contribution < 1.29 is 9.90 Å². The number of aliphatic hydroxyl groups excluding tert-OH is 1. The van der Waals surface area contributed by atoms with Gasteiger partial charge in [0.2, 0.25) is 0 Å². The third-order valence-corrected chi connectivity index (χ3v) is 2.61. The Hall–Kier alpha value is -1.15. The summed E-state index contributed by atoms with van der Waals surface area (Å²) in [6, 6.07) is 5.63. The van der Waals surface area contributed by atoms with Crippen LogP contribution in [-0.2, 0) is 6.42 Å². The first-order chi connectivity index (χ1) is 6.33. The third-order valence-electron chi connectivity index (χ3n) is 2.61. The first-order valence-corrected chi connectivity index (χ1v) is 4.58. The fraction of sp³-hybridized carbons (Fsp3) is 0.364. The van der Waals surface area contributed by atoms with Gasteiger partial charge in [0.1, 0.15) is 6.29 Å². The molecule has 0 fully saturated rings. The Morgan fingerprint density at radius 1 is 1.46 bits per heavy atom. The summed E-state index contributed by atoms with van der Waals surface area (Å²) in [5.74, 6) is 0. The maximum Gasteiger partial charge on any atom is 0.150 e. The van der Waals surface area contributed by atoms with Crippen LogP contribution in [0.15, 0.2) is 18.2 Å². The molecule has 0 bridgehead atoms. The van der Waals surface area contributed by atoms with E-state index in [1.807, 2.05) is 12.1 Å². The molecule has 0 heterocycles. The van der Waals surface area contributed by atoms with E-state index in [1.165, 1.54) is 0 Å². The van der Waals surface area contributed by atoms with Gasteiger partial charge in [0, 0.05) is 5.56 Å². The second-order valence-corrected chi connectivity index (χ2v) is 3.45. The molecule has 0 aromatic heterocycles. The standard InChI is InChI=1S/C11H12O2/c12-7-9-5-1-3-8-4-2-6-10(13)11(8)9/h1,3,5,7,10,13H,2,4,6H2. The van der Waals surface area contributed by atoms with Gasteiger partial charge in [0.25, 0.3) is 0 Å². The van der Waals surface area contributed by atoms with Crippen molar-refractivity contribution >= 4 is 6.29 Å². The van der Waals surface area contributed by atoms with Crippen LogP contribution in [0.25, 0.3) is 0 Å². The van der Waals surface area contributed by atoms with E-state index in [9.17, 15) is 9.90 Å². The minimum atomic E-state index is -0.440. The van der Waals surface area contributed by atoms with Crippen molar-refractivity contribution in [3.05, 3.63) is 34.9 Å². The molecule has 0 saturated carbocycles. The quantitative estimate of drug-likeness (QED) is 0.663. The molecule has 13 heavy (non-hydrogen) atoms. The first-order valence-electron chi connectivity index (χ1n) is 4.58. The number of fused-ring (bicyclic) bond motifs is 1. The maximum atomic E-state index is 10.7. The Balaban J connectivity index is 2.56. The largest absolute Gasteiger partial charge is 0.388 e. The summed E-state index contributed by atoms with van der Waals surface area (Å²) in [5, 5.41) is 9.71. The maximum absolute atomic E-state index is 10.7. The van der Waals surface area contributed by atoms with Crippen LogP contribution in [0.5, 0.6) is 0 Å². The van der Waals surface area contributed by atoms with E-state index in [2.05, 4.69) is 0 Å². The minimum Gasteiger partial charge on any atom is -0.388 e. The summed E-state index contributed by atoms with van der Waals surface area (Å²) >= 11 is 0. The van der Waals surface area contributed by atoms with Crippen LogP contribution in [0.2, 0.25) is 0 Å². The third kappa shape index (κ3) is 1.38. The summed E-state index contributed by atoms with van der Waals surface area (Å²) in [7, 11) is 0. The molecule has 1 aromatic rings. The van der Waals surface area contributed by atoms with Gasteiger partial charge in [-0.25, -0.2) is 0 Å². The average molecular weight is 176 g/mol. The van der Waals surface area contributed by atoms with Gasteiger partial charge in [-0.2, -0.15) is 0 Å². The Kier molecular flexibility index (Phi) is 2.15. The molecule has 1 aliphatic rings. The number of aliphatic hydroxyl groups is 1. The lowest BCUT2D eigenvalue weighted by molar-refractivity contribution is 0.111. The number of rotatable bonds is 1. The zero-order valence-corrected chi connectivity index (χ0v) is 7.36. The first kappa shape index (κ1) is 8.45. The van der Waals surface area contributed by atoms with Crippen LogP contribution in [0.4, 0.5) is 0 Å². The molecule has 2 rings (SSSR count). The number of aryl methyl sites for hydroxylation is 1. The van der Waals surface area contributed by atoms with Gasteiger partial charge in [0.15, 0.2) is 0 Å². The van der Waals surface area contributed by atoms with E-state index in [-0.39, 0.29) is 0 Å². The highest BCUT2D eigenvalue weighted by Crippen LogP contribution is 2.31. The van der Waals surface area contributed by atoms with Crippen molar-refractivity contribution in [2.75, 3.05) is 0 Å². The lowest BCUT2D eigenvalue weighted by atomic mass is 9.86. The normalized spacial score (nSPS) is 20.8. The second-order valence-electron chi connectivity index (χ2n) is 3.45. The van der Waals surface area contributed by atoms with E-state index in [1.54, 1.807) is 6.07 Å². The molecule has 0 aliphatic heterocycles. The van der Waals surface area contributed by atoms with Gasteiger partial charge >= 0.3 is 0 Å². The lowest BCUT2D eigenvalue weighted by Crippen LogP contribution is -2.11. The number of aldehydes is 1. The predicted octanol–water partition coefficient (Wildman–Crippen LogP) is 1.87. The molecule has 2 heteroatoms. The molecule has 1 unspecified atom stereocenters. The van der Waals surface area contributed by atoms with Crippen molar-refractivity contribution in [3.63, 3.8) is 0 Å². The van der Waals surface area contributed by atoms with E-state index in [0.717, 1.165) is 36.7 Å². The molecule has 1 N–H and O–H groups in total. The van der Waals surface area contributed by atoms with Gasteiger partial charge in [-0.3, -0.25) is 4.79 Å². The molecular formula is C11H12O2. The zero-order valence-electron chi connectivity index (χ0n) is 7.36. The summed E-state index contributed by atoms with van der Waals surface area (Å²) in [6.45, 7) is 0. The smallest absolute Gasteiger partial charge is 0.150 e. The number of hydrogen-bond donors (Lipinski definition) is 1. The van der Waals surface area contributed by atoms with E-state index in [4.69, 9.17) is 0 Å². The Bertz CT molecular complexity index is 331. The molecular weight excluding hydrogens is 164 g/mol. The fourth-order valence-electron chi connectivity index (χ4n) is 1.99. The zero-order chi connectivity index (χ0) is 9.26. The van der Waals surface area contributed by atoms with Crippen LogP contribution in [-0.4, -0.2) is 11.4 Å². The van der Waals surface area contributed by atoms with E-state index in [0.29, 0.717) is 5.56 Å². The fourth-order valence-corrected chi connectivity index (χ4v) is 1.99. The van der Waals surface area contributed by atoms with Crippen LogP contribution >= 0.6 is 0 Å². The van der Waals surface area contributed by atoms with Gasteiger partial charge in [-0.15, -0.1) is 0 Å². The molecule has 0 saturated heterocycles. The molecule has 1 aliphatic carbocycles. The van der Waals surface area contributed by atoms with Gasteiger partial charge in [-0.1, -0.05) is 18.2 Å². The number of hydrogen-bond acceptors (Lipinski definition) is 2. The van der Waals surface area contributed by atoms with Crippen molar-refractivity contribution in [1.82, 2.24) is 0 Å². The van der Waals surface area contributed by atoms with E-state index >= 15 is 0 Å². The highest BCUT2D eigenvalue weighted by Gasteiger charge is 2.20. The summed E-state index contributed by atoms with van der Waals surface area (Å²) < 4.78 is 0. The summed E-state index contributed by atoms with van der Waals surface area (Å²) in [6.07, 6.45) is 3.15. The average Bonchev–Trinajstić information content (AvgIpc) is 2.17. The van der Waals surface area contributed by atoms with Crippen molar-refractivity contribution in [1.29, 1.82) is 0 Å². The van der Waals surface area contributed by atoms with Crippen LogP contribution in [0.3, 0.4) is 0 Å². The Morgan fingerprint density at radius 3 is 3.08 bits per heavy atom. The second kappa shape index (κ2) is 3.30. The monoisotopic (exact) mass is 176 g/mol. The van der Waals surface area contributed by atoms with Gasteiger partial charge in [0.05, 0.1) is 6.10 Å². The molecule has 2 nitrogen and oxygen atoms in total. The number of carbonyl (C=O) groups is 1. The molecule has 68 valence electrons. The van der Waals surface area contributed by atoms with Crippen molar-refractivity contribution in [3.8, 4) is 0 Å². The minimum absolute atomic E-state index is 0.440. The predicted molar refractivity (Wildman–Crippen MR) is 49.7 cm³/mol. The molecule has 1 aromatic carbocycles. The molecule has 0 amide bonds. The number of carbonyl (C=O) groups excluding carboxylic acids is 1. The topological polar surface area (TPSA) is 37.3 Å². The Morgan fingerprint density at radius 2 is 2.31 bits per heavy atom. The number of benzene rings is 1. The van der Waals surface area contributed by atoms with E-state index < -0.39 is 6.10 Å².